The van der Waals surface area contributed by atoms with E-state index in [9.17, 15) is 0 Å². The molecule has 1 N–H and O–H groups in total. The second kappa shape index (κ2) is 4.16. The highest BCUT2D eigenvalue weighted by Crippen LogP contribution is 2.39. The minimum Gasteiger partial charge on any atom is -0.376 e. The van der Waals surface area contributed by atoms with Gasteiger partial charge in [-0.1, -0.05) is 0 Å². The van der Waals surface area contributed by atoms with Crippen LogP contribution in [0.2, 0.25) is 0 Å². The largest absolute Gasteiger partial charge is 0.376 e. The van der Waals surface area contributed by atoms with Crippen molar-refractivity contribution < 1.29 is 4.74 Å². The topological polar surface area (TPSA) is 64.3 Å². The molecule has 2 aromatic rings. The molecule has 19 heavy (non-hydrogen) atoms. The quantitative estimate of drug-likeness (QED) is 0.903. The van der Waals surface area contributed by atoms with Gasteiger partial charge in [-0.05, 0) is 32.1 Å². The number of aryl methyl sites for hydroxylation is 1. The van der Waals surface area contributed by atoms with Crippen LogP contribution in [-0.2, 0) is 4.74 Å². The van der Waals surface area contributed by atoms with E-state index in [1.54, 1.807) is 6.20 Å². The van der Waals surface area contributed by atoms with Crippen molar-refractivity contribution in [2.75, 3.05) is 11.9 Å². The number of anilines is 1. The van der Waals surface area contributed by atoms with E-state index in [0.717, 1.165) is 36.2 Å². The zero-order valence-electron chi connectivity index (χ0n) is 10.9. The van der Waals surface area contributed by atoms with Gasteiger partial charge in [-0.25, -0.2) is 4.98 Å². The molecule has 2 fully saturated rings. The fourth-order valence-electron chi connectivity index (χ4n) is 2.87. The highest BCUT2D eigenvalue weighted by molar-refractivity contribution is 5.62. The average Bonchev–Trinajstić information content (AvgIpc) is 3.05. The summed E-state index contributed by atoms with van der Waals surface area (Å²) in [5.74, 6) is 2.42. The number of hydrogen-bond acceptors (Lipinski definition) is 5. The molecule has 6 nitrogen and oxygen atoms in total. The van der Waals surface area contributed by atoms with Crippen molar-refractivity contribution in [3.8, 4) is 0 Å². The van der Waals surface area contributed by atoms with Crippen LogP contribution in [0.4, 0.5) is 5.82 Å². The van der Waals surface area contributed by atoms with E-state index in [0.29, 0.717) is 12.1 Å². The molecule has 100 valence electrons. The molecule has 0 bridgehead atoms. The van der Waals surface area contributed by atoms with Crippen molar-refractivity contribution in [3.05, 3.63) is 18.2 Å². The Hall–Kier alpha value is -1.69. The Morgan fingerprint density at radius 3 is 3.05 bits per heavy atom. The maximum atomic E-state index is 5.85. The predicted octanol–water partition coefficient (Wildman–Crippen LogP) is 1.41. The van der Waals surface area contributed by atoms with E-state index in [4.69, 9.17) is 4.74 Å². The lowest BCUT2D eigenvalue weighted by Crippen LogP contribution is -2.31. The second-order valence-electron chi connectivity index (χ2n) is 5.43. The predicted molar refractivity (Wildman–Crippen MR) is 70.0 cm³/mol. The fraction of sp³-hybridized carbons (Fsp3) is 0.615. The molecule has 0 radical (unpaired) electrons. The van der Waals surface area contributed by atoms with Gasteiger partial charge in [-0.2, -0.15) is 0 Å². The van der Waals surface area contributed by atoms with Gasteiger partial charge in [0.1, 0.15) is 5.82 Å². The van der Waals surface area contributed by atoms with Crippen LogP contribution in [0, 0.1) is 12.8 Å². The number of fused-ring (bicyclic) bond motifs is 1. The van der Waals surface area contributed by atoms with Crippen LogP contribution >= 0.6 is 0 Å². The standard InChI is InChI=1S/C13H17N5O/c1-8-16-17-13-12(14-5-6-18(8)13)15-10-4-7-19-11(10)9-2-3-9/h5-6,9-11H,2-4,7H2,1H3,(H,14,15). The van der Waals surface area contributed by atoms with Crippen LogP contribution in [0.3, 0.4) is 0 Å². The smallest absolute Gasteiger partial charge is 0.203 e. The van der Waals surface area contributed by atoms with E-state index in [-0.39, 0.29) is 0 Å². The number of nitrogens with one attached hydrogen (secondary N) is 1. The number of nitrogens with zero attached hydrogens (tertiary/aromatic N) is 4. The van der Waals surface area contributed by atoms with Gasteiger partial charge >= 0.3 is 0 Å². The Kier molecular flexibility index (Phi) is 2.44. The van der Waals surface area contributed by atoms with Gasteiger partial charge in [-0.3, -0.25) is 4.40 Å². The van der Waals surface area contributed by atoms with E-state index in [1.165, 1.54) is 12.8 Å². The van der Waals surface area contributed by atoms with Crippen LogP contribution in [0.25, 0.3) is 5.65 Å². The summed E-state index contributed by atoms with van der Waals surface area (Å²) in [4.78, 5) is 4.41. The summed E-state index contributed by atoms with van der Waals surface area (Å²) in [6.07, 6.45) is 7.64. The molecule has 4 rings (SSSR count). The minimum absolute atomic E-state index is 0.339. The lowest BCUT2D eigenvalue weighted by Gasteiger charge is -2.19. The molecular weight excluding hydrogens is 242 g/mol. The Morgan fingerprint density at radius 2 is 2.21 bits per heavy atom. The maximum Gasteiger partial charge on any atom is 0.203 e. The maximum absolute atomic E-state index is 5.85. The zero-order chi connectivity index (χ0) is 12.8. The molecule has 2 atom stereocenters. The SMILES string of the molecule is Cc1nnc2c(NC3CCOC3C3CC3)nccn12. The molecule has 2 aromatic heterocycles. The summed E-state index contributed by atoms with van der Waals surface area (Å²) in [6, 6.07) is 0.350. The molecule has 0 aromatic carbocycles. The van der Waals surface area contributed by atoms with Gasteiger partial charge in [0.25, 0.3) is 0 Å². The number of ether oxygens (including phenoxy) is 1. The minimum atomic E-state index is 0.339. The van der Waals surface area contributed by atoms with Gasteiger partial charge in [0.2, 0.25) is 5.65 Å². The van der Waals surface area contributed by atoms with Gasteiger partial charge in [0.05, 0.1) is 12.1 Å². The molecule has 6 heteroatoms. The number of rotatable bonds is 3. The fourth-order valence-corrected chi connectivity index (χ4v) is 2.87. The van der Waals surface area contributed by atoms with Crippen LogP contribution < -0.4 is 5.32 Å². The van der Waals surface area contributed by atoms with Crippen LogP contribution in [0.15, 0.2) is 12.4 Å². The third-order valence-electron chi connectivity index (χ3n) is 4.04. The van der Waals surface area contributed by atoms with Gasteiger partial charge in [0.15, 0.2) is 5.82 Å². The third-order valence-corrected chi connectivity index (χ3v) is 4.04. The molecule has 0 amide bonds. The zero-order valence-corrected chi connectivity index (χ0v) is 10.9. The molecule has 2 unspecified atom stereocenters. The molecule has 3 heterocycles. The summed E-state index contributed by atoms with van der Waals surface area (Å²) in [6.45, 7) is 2.78. The molecule has 1 aliphatic carbocycles. The van der Waals surface area contributed by atoms with Gasteiger partial charge < -0.3 is 10.1 Å². The summed E-state index contributed by atoms with van der Waals surface area (Å²) in [5.41, 5.74) is 0.793. The summed E-state index contributed by atoms with van der Waals surface area (Å²) >= 11 is 0. The Balaban J connectivity index is 1.63. The van der Waals surface area contributed by atoms with Gasteiger partial charge in [0, 0.05) is 19.0 Å². The molecular formula is C13H17N5O. The van der Waals surface area contributed by atoms with Crippen molar-refractivity contribution in [1.29, 1.82) is 0 Å². The van der Waals surface area contributed by atoms with E-state index < -0.39 is 0 Å². The van der Waals surface area contributed by atoms with E-state index in [1.807, 2.05) is 17.5 Å². The average molecular weight is 259 g/mol. The first-order valence-corrected chi connectivity index (χ1v) is 6.87. The Morgan fingerprint density at radius 1 is 1.32 bits per heavy atom. The lowest BCUT2D eigenvalue weighted by molar-refractivity contribution is 0.0898. The Labute approximate surface area is 111 Å². The first kappa shape index (κ1) is 11.2. The van der Waals surface area contributed by atoms with Crippen molar-refractivity contribution >= 4 is 11.5 Å². The first-order valence-electron chi connectivity index (χ1n) is 6.87. The van der Waals surface area contributed by atoms with Crippen LogP contribution in [0.1, 0.15) is 25.1 Å². The summed E-state index contributed by atoms with van der Waals surface area (Å²) in [5, 5.41) is 11.8. The van der Waals surface area contributed by atoms with Crippen LogP contribution in [-0.4, -0.2) is 38.3 Å². The van der Waals surface area contributed by atoms with Crippen molar-refractivity contribution in [2.24, 2.45) is 5.92 Å². The highest BCUT2D eigenvalue weighted by atomic mass is 16.5. The van der Waals surface area contributed by atoms with Crippen LogP contribution in [0.5, 0.6) is 0 Å². The molecule has 1 saturated carbocycles. The van der Waals surface area contributed by atoms with Gasteiger partial charge in [-0.15, -0.1) is 10.2 Å². The lowest BCUT2D eigenvalue weighted by atomic mass is 10.1. The normalized spacial score (nSPS) is 27.0. The summed E-state index contributed by atoms with van der Waals surface area (Å²) in [7, 11) is 0. The van der Waals surface area contributed by atoms with Crippen molar-refractivity contribution in [3.63, 3.8) is 0 Å². The van der Waals surface area contributed by atoms with E-state index >= 15 is 0 Å². The number of aromatic nitrogens is 4. The molecule has 1 saturated heterocycles. The molecule has 1 aliphatic heterocycles. The second-order valence-corrected chi connectivity index (χ2v) is 5.43. The highest BCUT2D eigenvalue weighted by Gasteiger charge is 2.40. The summed E-state index contributed by atoms with van der Waals surface area (Å²) < 4.78 is 7.80. The monoisotopic (exact) mass is 259 g/mol. The first-order chi connectivity index (χ1) is 9.33. The Bertz CT molecular complexity index is 606. The van der Waals surface area contributed by atoms with Crippen molar-refractivity contribution in [2.45, 2.75) is 38.3 Å². The number of hydrogen-bond donors (Lipinski definition) is 1. The third kappa shape index (κ3) is 1.87. The van der Waals surface area contributed by atoms with E-state index in [2.05, 4.69) is 20.5 Å². The van der Waals surface area contributed by atoms with Crippen molar-refractivity contribution in [1.82, 2.24) is 19.6 Å². The molecule has 0 spiro atoms. The molecule has 2 aliphatic rings.